The van der Waals surface area contributed by atoms with Gasteiger partial charge in [0.1, 0.15) is 12.4 Å². The number of ether oxygens (including phenoxy) is 2. The van der Waals surface area contributed by atoms with Crippen LogP contribution in [0, 0.1) is 5.92 Å². The fourth-order valence-corrected chi connectivity index (χ4v) is 5.98. The Morgan fingerprint density at radius 3 is 2.38 bits per heavy atom. The van der Waals surface area contributed by atoms with E-state index >= 15 is 0 Å². The van der Waals surface area contributed by atoms with Crippen molar-refractivity contribution >= 4 is 22.2 Å². The van der Waals surface area contributed by atoms with Gasteiger partial charge >= 0.3 is 16.3 Å². The maximum absolute atomic E-state index is 13.1. The van der Waals surface area contributed by atoms with Crippen LogP contribution in [-0.4, -0.2) is 51.0 Å². The monoisotopic (exact) mass is 487 g/mol. The third kappa shape index (κ3) is 5.34. The molecule has 1 saturated heterocycles. The zero-order valence-corrected chi connectivity index (χ0v) is 19.8. The topological polar surface area (TPSA) is 114 Å². The summed E-state index contributed by atoms with van der Waals surface area (Å²) in [5.41, 5.74) is 1.46. The summed E-state index contributed by atoms with van der Waals surface area (Å²) >= 11 is 0. The second-order valence-corrected chi connectivity index (χ2v) is 10.1. The van der Waals surface area contributed by atoms with Crippen LogP contribution in [0.15, 0.2) is 54.6 Å². The summed E-state index contributed by atoms with van der Waals surface area (Å²) in [5, 5.41) is 3.18. The number of para-hydroxylation sites is 1. The third-order valence-corrected chi connectivity index (χ3v) is 7.91. The number of rotatable bonds is 8. The van der Waals surface area contributed by atoms with Crippen molar-refractivity contribution < 1.29 is 27.5 Å². The Kier molecular flexibility index (Phi) is 7.38. The molecule has 0 bridgehead atoms. The molecule has 2 aromatic carbocycles. The van der Waals surface area contributed by atoms with Crippen molar-refractivity contribution in [2.24, 2.45) is 5.92 Å². The number of cyclic esters (lactones) is 1. The molecule has 2 fully saturated rings. The van der Waals surface area contributed by atoms with Crippen molar-refractivity contribution in [3.05, 3.63) is 65.7 Å². The van der Waals surface area contributed by atoms with Gasteiger partial charge in [-0.15, -0.1) is 0 Å². The molecule has 1 aliphatic carbocycles. The average Bonchev–Trinajstić information content (AvgIpc) is 3.30. The van der Waals surface area contributed by atoms with Crippen LogP contribution in [0.3, 0.4) is 0 Å². The van der Waals surface area contributed by atoms with Crippen LogP contribution in [0.4, 0.5) is 4.79 Å². The fourth-order valence-electron chi connectivity index (χ4n) is 4.63. The number of hydrogen-bond acceptors (Lipinski definition) is 6. The van der Waals surface area contributed by atoms with E-state index in [1.54, 1.807) is 18.2 Å². The van der Waals surface area contributed by atoms with Crippen LogP contribution in [0.1, 0.15) is 47.6 Å². The standard InChI is InChI=1S/C24H29N3O6S/c1-32-21-10-6-5-9-20(21)23(28)25-22(17-7-3-2-4-8-17)18-11-13-19(14-12-18)26-34(30,31)27-15-16-33-24(27)29/h2-10,18-19,22,26H,11-16H2,1H3,(H,25,28). The number of nitrogens with zero attached hydrogens (tertiary/aromatic N) is 1. The zero-order valence-electron chi connectivity index (χ0n) is 19.0. The molecule has 9 nitrogen and oxygen atoms in total. The third-order valence-electron chi connectivity index (χ3n) is 6.37. The average molecular weight is 488 g/mol. The zero-order chi connectivity index (χ0) is 24.1. The highest BCUT2D eigenvalue weighted by atomic mass is 32.2. The number of nitrogens with one attached hydrogen (secondary N) is 2. The highest BCUT2D eigenvalue weighted by molar-refractivity contribution is 7.87. The van der Waals surface area contributed by atoms with E-state index in [4.69, 9.17) is 9.47 Å². The summed E-state index contributed by atoms with van der Waals surface area (Å²) in [6, 6.07) is 16.3. The van der Waals surface area contributed by atoms with Gasteiger partial charge in [-0.25, -0.2) is 4.79 Å². The molecule has 34 heavy (non-hydrogen) atoms. The van der Waals surface area contributed by atoms with Gasteiger partial charge in [0.15, 0.2) is 0 Å². The van der Waals surface area contributed by atoms with Gasteiger partial charge in [0.05, 0.1) is 25.3 Å². The van der Waals surface area contributed by atoms with Gasteiger partial charge in [0.25, 0.3) is 5.91 Å². The number of amides is 2. The molecule has 0 aromatic heterocycles. The number of benzene rings is 2. The van der Waals surface area contributed by atoms with Crippen LogP contribution in [-0.2, 0) is 14.9 Å². The van der Waals surface area contributed by atoms with Crippen LogP contribution in [0.2, 0.25) is 0 Å². The number of carbonyl (C=O) groups is 2. The first-order valence-corrected chi connectivity index (χ1v) is 12.8. The highest BCUT2D eigenvalue weighted by Gasteiger charge is 2.37. The Morgan fingerprint density at radius 1 is 1.06 bits per heavy atom. The Hall–Kier alpha value is -3.11. The largest absolute Gasteiger partial charge is 0.496 e. The van der Waals surface area contributed by atoms with Crippen molar-refractivity contribution in [1.82, 2.24) is 14.3 Å². The molecule has 2 aromatic rings. The highest BCUT2D eigenvalue weighted by Crippen LogP contribution is 2.35. The lowest BCUT2D eigenvalue weighted by atomic mass is 9.79. The normalized spacial score (nSPS) is 21.6. The minimum Gasteiger partial charge on any atom is -0.496 e. The number of methoxy groups -OCH3 is 1. The molecule has 1 unspecified atom stereocenters. The van der Waals surface area contributed by atoms with Crippen LogP contribution in [0.5, 0.6) is 5.75 Å². The van der Waals surface area contributed by atoms with Crippen molar-refractivity contribution in [3.63, 3.8) is 0 Å². The Balaban J connectivity index is 1.45. The second kappa shape index (κ2) is 10.4. The van der Waals surface area contributed by atoms with Crippen molar-refractivity contribution in [2.45, 2.75) is 37.8 Å². The van der Waals surface area contributed by atoms with E-state index in [0.29, 0.717) is 37.0 Å². The maximum Gasteiger partial charge on any atom is 0.424 e. The van der Waals surface area contributed by atoms with Crippen molar-refractivity contribution in [3.8, 4) is 5.75 Å². The second-order valence-electron chi connectivity index (χ2n) is 8.48. The molecule has 2 amide bonds. The van der Waals surface area contributed by atoms with Gasteiger partial charge in [-0.1, -0.05) is 42.5 Å². The van der Waals surface area contributed by atoms with Gasteiger partial charge in [-0.3, -0.25) is 4.79 Å². The fraction of sp³-hybridized carbons (Fsp3) is 0.417. The molecule has 1 saturated carbocycles. The molecule has 2 aliphatic rings. The lowest BCUT2D eigenvalue weighted by Crippen LogP contribution is -2.47. The first kappa shape index (κ1) is 24.0. The Morgan fingerprint density at radius 2 is 1.74 bits per heavy atom. The molecule has 4 rings (SSSR count). The lowest BCUT2D eigenvalue weighted by Gasteiger charge is -2.35. The maximum atomic E-state index is 13.1. The molecule has 0 spiro atoms. The van der Waals surface area contributed by atoms with E-state index < -0.39 is 16.3 Å². The number of hydrogen-bond donors (Lipinski definition) is 2. The summed E-state index contributed by atoms with van der Waals surface area (Å²) in [5.74, 6) is 0.408. The molecule has 10 heteroatoms. The van der Waals surface area contributed by atoms with E-state index in [9.17, 15) is 18.0 Å². The predicted octanol–water partition coefficient (Wildman–Crippen LogP) is 3.01. The molecule has 182 valence electrons. The molecular weight excluding hydrogens is 458 g/mol. The van der Waals surface area contributed by atoms with Gasteiger partial charge in [0.2, 0.25) is 0 Å². The molecule has 1 aliphatic heterocycles. The van der Waals surface area contributed by atoms with Crippen molar-refractivity contribution in [1.29, 1.82) is 0 Å². The van der Waals surface area contributed by atoms with E-state index in [2.05, 4.69) is 10.0 Å². The van der Waals surface area contributed by atoms with Gasteiger partial charge in [0, 0.05) is 6.04 Å². The van der Waals surface area contributed by atoms with E-state index in [0.717, 1.165) is 9.87 Å². The minimum absolute atomic E-state index is 0.0224. The van der Waals surface area contributed by atoms with E-state index in [1.165, 1.54) is 7.11 Å². The smallest absolute Gasteiger partial charge is 0.424 e. The lowest BCUT2D eigenvalue weighted by molar-refractivity contribution is 0.0907. The molecule has 2 N–H and O–H groups in total. The summed E-state index contributed by atoms with van der Waals surface area (Å²) in [6.07, 6.45) is 1.78. The van der Waals surface area contributed by atoms with Crippen LogP contribution >= 0.6 is 0 Å². The molecular formula is C24H29N3O6S. The predicted molar refractivity (Wildman–Crippen MR) is 125 cm³/mol. The molecule has 0 radical (unpaired) electrons. The summed E-state index contributed by atoms with van der Waals surface area (Å²) in [7, 11) is -2.40. The summed E-state index contributed by atoms with van der Waals surface area (Å²) in [6.45, 7) is 0.0890. The van der Waals surface area contributed by atoms with E-state index in [-0.39, 0.29) is 37.1 Å². The SMILES string of the molecule is COc1ccccc1C(=O)NC(c1ccccc1)C1CCC(NS(=O)(=O)N2CCOC2=O)CC1. The van der Waals surface area contributed by atoms with Gasteiger partial charge < -0.3 is 14.8 Å². The summed E-state index contributed by atoms with van der Waals surface area (Å²) < 4.78 is 38.6. The summed E-state index contributed by atoms with van der Waals surface area (Å²) in [4.78, 5) is 24.8. The van der Waals surface area contributed by atoms with E-state index in [1.807, 2.05) is 36.4 Å². The Bertz CT molecular complexity index is 1120. The first-order valence-electron chi connectivity index (χ1n) is 11.3. The molecule has 1 heterocycles. The van der Waals surface area contributed by atoms with Gasteiger partial charge in [-0.2, -0.15) is 17.4 Å². The van der Waals surface area contributed by atoms with Crippen molar-refractivity contribution in [2.75, 3.05) is 20.3 Å². The van der Waals surface area contributed by atoms with Crippen LogP contribution < -0.4 is 14.8 Å². The first-order chi connectivity index (χ1) is 16.4. The van der Waals surface area contributed by atoms with Crippen LogP contribution in [0.25, 0.3) is 0 Å². The number of carbonyl (C=O) groups excluding carboxylic acids is 2. The molecule has 1 atom stereocenters. The van der Waals surface area contributed by atoms with Gasteiger partial charge in [-0.05, 0) is 49.3 Å². The minimum atomic E-state index is -3.94. The quantitative estimate of drug-likeness (QED) is 0.592. The Labute approximate surface area is 199 Å².